The van der Waals surface area contributed by atoms with Crippen LogP contribution in [0.1, 0.15) is 18.5 Å². The molecule has 0 aliphatic heterocycles. The minimum Gasteiger partial charge on any atom is -0.860 e. The van der Waals surface area contributed by atoms with Crippen molar-refractivity contribution in [1.82, 2.24) is 4.90 Å². The average Bonchev–Trinajstić information content (AvgIpc) is 2.72. The fourth-order valence-electron chi connectivity index (χ4n) is 2.53. The standard InChI is InChI=1S/C21H21N3O3/c1-4-14-24(16(2)17-10-6-5-7-11-17)21(26)18-12-8-9-13-19(18)23-22-15-20(25)27-3/h4-13,16H,1,14H2,2-3H3/t16-/m0/s1. The molecule has 1 aromatic rings. The van der Waals surface area contributed by atoms with E-state index in [1.54, 1.807) is 35.3 Å². The zero-order chi connectivity index (χ0) is 19.6. The van der Waals surface area contributed by atoms with E-state index in [9.17, 15) is 9.90 Å². The van der Waals surface area contributed by atoms with Crippen LogP contribution in [0.4, 0.5) is 0 Å². The van der Waals surface area contributed by atoms with Gasteiger partial charge in [-0.1, -0.05) is 54.6 Å². The van der Waals surface area contributed by atoms with Gasteiger partial charge in [0.1, 0.15) is 10.1 Å². The number of ether oxygens (including phenoxy) is 1. The van der Waals surface area contributed by atoms with E-state index >= 15 is 0 Å². The third-order valence-corrected chi connectivity index (χ3v) is 3.96. The maximum atomic E-state index is 13.2. The second-order valence-electron chi connectivity index (χ2n) is 5.65. The van der Waals surface area contributed by atoms with Crippen LogP contribution in [-0.4, -0.2) is 30.2 Å². The fourth-order valence-corrected chi connectivity index (χ4v) is 2.53. The lowest BCUT2D eigenvalue weighted by atomic mass is 10.0. The summed E-state index contributed by atoms with van der Waals surface area (Å²) in [4.78, 5) is 16.4. The maximum Gasteiger partial charge on any atom is 0.463 e. The summed E-state index contributed by atoms with van der Waals surface area (Å²) in [5.41, 5.74) is 1.73. The van der Waals surface area contributed by atoms with Gasteiger partial charge in [0.25, 0.3) is 0 Å². The van der Waals surface area contributed by atoms with Crippen molar-refractivity contribution in [3.05, 3.63) is 89.3 Å². The second-order valence-corrected chi connectivity index (χ2v) is 5.65. The highest BCUT2D eigenvalue weighted by atomic mass is 16.5. The van der Waals surface area contributed by atoms with E-state index in [1.807, 2.05) is 37.3 Å². The van der Waals surface area contributed by atoms with Gasteiger partial charge in [0.15, 0.2) is 5.71 Å². The van der Waals surface area contributed by atoms with Gasteiger partial charge in [0, 0.05) is 12.1 Å². The van der Waals surface area contributed by atoms with Crippen LogP contribution >= 0.6 is 0 Å². The maximum absolute atomic E-state index is 13.2. The first-order valence-electron chi connectivity index (χ1n) is 8.39. The van der Waals surface area contributed by atoms with Crippen molar-refractivity contribution in [1.29, 1.82) is 0 Å². The summed E-state index contributed by atoms with van der Waals surface area (Å²) >= 11 is 0. The minimum atomic E-state index is -0.742. The van der Waals surface area contributed by atoms with Gasteiger partial charge in [-0.15, -0.1) is 6.58 Å². The van der Waals surface area contributed by atoms with Crippen molar-refractivity contribution >= 4 is 11.7 Å². The van der Waals surface area contributed by atoms with Crippen molar-refractivity contribution in [2.75, 3.05) is 13.7 Å². The monoisotopic (exact) mass is 363 g/mol. The Morgan fingerprint density at radius 2 is 2.07 bits per heavy atom. The van der Waals surface area contributed by atoms with Crippen LogP contribution in [0.3, 0.4) is 0 Å². The van der Waals surface area contributed by atoms with Crippen LogP contribution in [0, 0.1) is 6.07 Å². The lowest BCUT2D eigenvalue weighted by Crippen LogP contribution is -2.35. The summed E-state index contributed by atoms with van der Waals surface area (Å²) < 4.78 is 4.43. The number of methoxy groups -OCH3 is 1. The van der Waals surface area contributed by atoms with Crippen LogP contribution < -0.4 is 5.11 Å². The van der Waals surface area contributed by atoms with E-state index in [0.29, 0.717) is 17.8 Å². The molecule has 1 aliphatic carbocycles. The van der Waals surface area contributed by atoms with E-state index in [-0.39, 0.29) is 11.9 Å². The molecular weight excluding hydrogens is 342 g/mol. The smallest absolute Gasteiger partial charge is 0.463 e. The van der Waals surface area contributed by atoms with E-state index in [1.165, 1.54) is 7.11 Å². The van der Waals surface area contributed by atoms with E-state index in [2.05, 4.69) is 27.4 Å². The SMILES string of the molecule is C=CCN(/C([O-])=C1/C=CC=C/C1=N\[N+]#CC(=O)OC)[C@@H](C)c1ccccc1. The topological polar surface area (TPSA) is 69.3 Å². The largest absolute Gasteiger partial charge is 0.860 e. The zero-order valence-corrected chi connectivity index (χ0v) is 15.3. The van der Waals surface area contributed by atoms with Gasteiger partial charge in [-0.05, 0) is 24.4 Å². The molecule has 0 saturated heterocycles. The third-order valence-electron chi connectivity index (χ3n) is 3.96. The molecule has 2 rings (SSSR count). The highest BCUT2D eigenvalue weighted by Crippen LogP contribution is 2.25. The number of carbonyl (C=O) groups excluding carboxylic acids is 1. The lowest BCUT2D eigenvalue weighted by Gasteiger charge is -2.37. The van der Waals surface area contributed by atoms with Gasteiger partial charge >= 0.3 is 12.0 Å². The van der Waals surface area contributed by atoms with Gasteiger partial charge in [0.2, 0.25) is 0 Å². The molecule has 0 aromatic heterocycles. The molecule has 0 bridgehead atoms. The molecule has 1 aromatic carbocycles. The highest BCUT2D eigenvalue weighted by Gasteiger charge is 2.18. The molecule has 0 spiro atoms. The average molecular weight is 363 g/mol. The molecule has 6 heteroatoms. The van der Waals surface area contributed by atoms with Crippen LogP contribution in [0.15, 0.2) is 83.8 Å². The summed E-state index contributed by atoms with van der Waals surface area (Å²) in [5.74, 6) is -0.951. The Morgan fingerprint density at radius 1 is 1.37 bits per heavy atom. The molecule has 1 atom stereocenters. The summed E-state index contributed by atoms with van der Waals surface area (Å²) in [6.07, 6.45) is 8.49. The Morgan fingerprint density at radius 3 is 2.74 bits per heavy atom. The number of rotatable bonds is 5. The van der Waals surface area contributed by atoms with Gasteiger partial charge < -0.3 is 14.7 Å². The van der Waals surface area contributed by atoms with Gasteiger partial charge in [0.05, 0.1) is 13.2 Å². The molecule has 0 unspecified atom stereocenters. The van der Waals surface area contributed by atoms with Crippen molar-refractivity contribution < 1.29 is 14.6 Å². The second kappa shape index (κ2) is 9.78. The van der Waals surface area contributed by atoms with Gasteiger partial charge in [-0.25, -0.2) is 4.79 Å². The molecule has 27 heavy (non-hydrogen) atoms. The lowest BCUT2D eigenvalue weighted by molar-refractivity contribution is -0.336. The number of allylic oxidation sites excluding steroid dienone is 5. The predicted octanol–water partition coefficient (Wildman–Crippen LogP) is 2.80. The summed E-state index contributed by atoms with van der Waals surface area (Å²) in [6, 6.07) is 11.7. The van der Waals surface area contributed by atoms with E-state index < -0.39 is 5.97 Å². The van der Waals surface area contributed by atoms with Crippen LogP contribution in [0.5, 0.6) is 0 Å². The number of hydrogen-bond acceptors (Lipinski definition) is 5. The highest BCUT2D eigenvalue weighted by molar-refractivity contribution is 6.12. The van der Waals surface area contributed by atoms with Crippen molar-refractivity contribution in [2.45, 2.75) is 13.0 Å². The fraction of sp³-hybridized carbons (Fsp3) is 0.190. The molecule has 138 valence electrons. The Balaban J connectivity index is 2.42. The Hall–Kier alpha value is -3.59. The van der Waals surface area contributed by atoms with Crippen molar-refractivity contribution in [3.8, 4) is 6.07 Å². The summed E-state index contributed by atoms with van der Waals surface area (Å²) in [5, 5.41) is 17.1. The normalized spacial score (nSPS) is 16.9. The summed E-state index contributed by atoms with van der Waals surface area (Å²) in [7, 11) is 1.22. The summed E-state index contributed by atoms with van der Waals surface area (Å²) in [6.45, 7) is 6.09. The number of benzene rings is 1. The Kier molecular flexibility index (Phi) is 7.15. The van der Waals surface area contributed by atoms with Gasteiger partial charge in [-0.3, -0.25) is 0 Å². The molecule has 0 heterocycles. The number of esters is 1. The van der Waals surface area contributed by atoms with Crippen LogP contribution in [-0.2, 0) is 9.53 Å². The quantitative estimate of drug-likeness (QED) is 0.265. The Bertz CT molecular complexity index is 871. The zero-order valence-electron chi connectivity index (χ0n) is 15.3. The van der Waals surface area contributed by atoms with Crippen molar-refractivity contribution in [3.63, 3.8) is 0 Å². The third kappa shape index (κ3) is 5.19. The molecule has 0 N–H and O–H groups in total. The first-order chi connectivity index (χ1) is 13.1. The first kappa shape index (κ1) is 19.7. The molecule has 6 nitrogen and oxygen atoms in total. The molecule has 1 aliphatic rings. The first-order valence-corrected chi connectivity index (χ1v) is 8.39. The number of nitrogens with zero attached hydrogens (tertiary/aromatic N) is 3. The van der Waals surface area contributed by atoms with Gasteiger partial charge in [-0.2, -0.15) is 0 Å². The predicted molar refractivity (Wildman–Crippen MR) is 104 cm³/mol. The molecule has 0 saturated carbocycles. The molecule has 0 amide bonds. The Labute approximate surface area is 158 Å². The van der Waals surface area contributed by atoms with E-state index in [0.717, 1.165) is 5.56 Å². The number of hydrogen-bond donors (Lipinski definition) is 0. The molecule has 0 fully saturated rings. The van der Waals surface area contributed by atoms with Crippen LogP contribution in [0.25, 0.3) is 4.95 Å². The number of carbonyl (C=O) groups is 1. The molecular formula is C21H21N3O3. The van der Waals surface area contributed by atoms with Crippen molar-refractivity contribution in [2.24, 2.45) is 5.10 Å². The molecule has 0 radical (unpaired) electrons. The minimum absolute atomic E-state index is 0.158. The van der Waals surface area contributed by atoms with E-state index in [4.69, 9.17) is 0 Å². The van der Waals surface area contributed by atoms with Crippen LogP contribution in [0.2, 0.25) is 0 Å².